The summed E-state index contributed by atoms with van der Waals surface area (Å²) in [6.45, 7) is 3.56. The monoisotopic (exact) mass is 359 g/mol. The molecule has 0 aliphatic heterocycles. The van der Waals surface area contributed by atoms with Gasteiger partial charge in [0, 0.05) is 4.88 Å². The van der Waals surface area contributed by atoms with Gasteiger partial charge in [-0.2, -0.15) is 5.10 Å². The highest BCUT2D eigenvalue weighted by Crippen LogP contribution is 2.32. The van der Waals surface area contributed by atoms with Crippen LogP contribution in [0, 0.1) is 13.8 Å². The number of amides is 2. The van der Waals surface area contributed by atoms with E-state index in [1.54, 1.807) is 19.1 Å². The average molecular weight is 359 g/mol. The van der Waals surface area contributed by atoms with Crippen LogP contribution in [0.15, 0.2) is 35.4 Å². The first kappa shape index (κ1) is 18.3. The molecule has 0 bridgehead atoms. The summed E-state index contributed by atoms with van der Waals surface area (Å²) in [6, 6.07) is 9.11. The van der Waals surface area contributed by atoms with Crippen LogP contribution in [0.4, 0.5) is 5.00 Å². The zero-order valence-corrected chi connectivity index (χ0v) is 14.8. The molecule has 25 heavy (non-hydrogen) atoms. The number of hydrogen-bond acceptors (Lipinski definition) is 6. The molecule has 130 valence electrons. The van der Waals surface area contributed by atoms with Gasteiger partial charge in [-0.3, -0.25) is 9.59 Å². The SMILES string of the molecule is COC(=O)c1c(NC(=O)C(=O)N/N=C/c2ccccc2)sc(C)c1C. The molecule has 0 aliphatic carbocycles. The van der Waals surface area contributed by atoms with Gasteiger partial charge < -0.3 is 10.1 Å². The number of ether oxygens (including phenoxy) is 1. The molecule has 2 aromatic rings. The highest BCUT2D eigenvalue weighted by molar-refractivity contribution is 7.17. The van der Waals surface area contributed by atoms with Gasteiger partial charge in [-0.25, -0.2) is 10.2 Å². The van der Waals surface area contributed by atoms with E-state index in [1.165, 1.54) is 24.7 Å². The van der Waals surface area contributed by atoms with Crippen LogP contribution in [-0.4, -0.2) is 31.1 Å². The van der Waals surface area contributed by atoms with E-state index >= 15 is 0 Å². The maximum Gasteiger partial charge on any atom is 0.341 e. The average Bonchev–Trinajstić information content (AvgIpc) is 2.89. The molecule has 0 fully saturated rings. The van der Waals surface area contributed by atoms with E-state index in [1.807, 2.05) is 25.1 Å². The molecule has 1 heterocycles. The lowest BCUT2D eigenvalue weighted by atomic mass is 10.1. The third-order valence-corrected chi connectivity index (χ3v) is 4.51. The van der Waals surface area contributed by atoms with Crippen molar-refractivity contribution in [2.24, 2.45) is 5.10 Å². The van der Waals surface area contributed by atoms with Crippen LogP contribution in [0.1, 0.15) is 26.4 Å². The molecule has 0 saturated heterocycles. The second kappa shape index (κ2) is 8.20. The first-order chi connectivity index (χ1) is 11.9. The van der Waals surface area contributed by atoms with Crippen LogP contribution in [0.3, 0.4) is 0 Å². The van der Waals surface area contributed by atoms with Gasteiger partial charge in [0.15, 0.2) is 0 Å². The Bertz CT molecular complexity index is 828. The van der Waals surface area contributed by atoms with Crippen molar-refractivity contribution >= 4 is 40.3 Å². The number of esters is 1. The van der Waals surface area contributed by atoms with Crippen LogP contribution < -0.4 is 10.7 Å². The van der Waals surface area contributed by atoms with E-state index in [-0.39, 0.29) is 10.6 Å². The van der Waals surface area contributed by atoms with Crippen molar-refractivity contribution in [1.29, 1.82) is 0 Å². The Balaban J connectivity index is 2.04. The van der Waals surface area contributed by atoms with Crippen LogP contribution in [0.25, 0.3) is 0 Å². The van der Waals surface area contributed by atoms with Gasteiger partial charge >= 0.3 is 17.8 Å². The molecule has 0 spiro atoms. The number of carbonyl (C=O) groups is 3. The number of thiophene rings is 1. The minimum atomic E-state index is -0.938. The van der Waals surface area contributed by atoms with Crippen molar-refractivity contribution in [2.75, 3.05) is 12.4 Å². The fourth-order valence-corrected chi connectivity index (χ4v) is 3.02. The zero-order valence-electron chi connectivity index (χ0n) is 14.0. The number of methoxy groups -OCH3 is 1. The molecular formula is C17H17N3O4S. The standard InChI is InChI=1S/C17H17N3O4S/c1-10-11(2)25-16(13(10)17(23)24-3)19-14(21)15(22)20-18-9-12-7-5-4-6-8-12/h4-9H,1-3H3,(H,19,21)(H,20,22)/b18-9+. The van der Waals surface area contributed by atoms with Gasteiger partial charge in [0.2, 0.25) is 0 Å². The molecule has 1 aromatic heterocycles. The molecule has 0 radical (unpaired) electrons. The number of rotatable bonds is 4. The molecule has 0 unspecified atom stereocenters. The molecule has 2 rings (SSSR count). The lowest BCUT2D eigenvalue weighted by molar-refractivity contribution is -0.136. The van der Waals surface area contributed by atoms with Gasteiger partial charge in [0.05, 0.1) is 18.9 Å². The predicted molar refractivity (Wildman–Crippen MR) is 95.9 cm³/mol. The summed E-state index contributed by atoms with van der Waals surface area (Å²) < 4.78 is 4.72. The summed E-state index contributed by atoms with van der Waals surface area (Å²) >= 11 is 1.20. The fraction of sp³-hybridized carbons (Fsp3) is 0.176. The summed E-state index contributed by atoms with van der Waals surface area (Å²) in [5.74, 6) is -2.43. The molecule has 8 heteroatoms. The van der Waals surface area contributed by atoms with Gasteiger partial charge in [-0.15, -0.1) is 11.3 Å². The summed E-state index contributed by atoms with van der Waals surface area (Å²) in [6.07, 6.45) is 1.42. The molecule has 2 amide bonds. The molecule has 1 aromatic carbocycles. The number of anilines is 1. The van der Waals surface area contributed by atoms with Crippen molar-refractivity contribution < 1.29 is 19.1 Å². The highest BCUT2D eigenvalue weighted by atomic mass is 32.1. The van der Waals surface area contributed by atoms with Crippen LogP contribution in [0.5, 0.6) is 0 Å². The Kier molecular flexibility index (Phi) is 6.02. The minimum Gasteiger partial charge on any atom is -0.465 e. The maximum absolute atomic E-state index is 12.0. The summed E-state index contributed by atoms with van der Waals surface area (Å²) in [5.41, 5.74) is 3.87. The first-order valence-corrected chi connectivity index (χ1v) is 8.13. The molecule has 0 atom stereocenters. The van der Waals surface area contributed by atoms with E-state index in [4.69, 9.17) is 4.74 Å². The fourth-order valence-electron chi connectivity index (χ4n) is 1.98. The van der Waals surface area contributed by atoms with E-state index in [0.29, 0.717) is 5.56 Å². The van der Waals surface area contributed by atoms with Crippen molar-refractivity contribution in [3.63, 3.8) is 0 Å². The highest BCUT2D eigenvalue weighted by Gasteiger charge is 2.23. The number of nitrogens with zero attached hydrogens (tertiary/aromatic N) is 1. The Labute approximate surface area is 148 Å². The Hall–Kier alpha value is -3.00. The third-order valence-electron chi connectivity index (χ3n) is 3.39. The quantitative estimate of drug-likeness (QED) is 0.379. The summed E-state index contributed by atoms with van der Waals surface area (Å²) in [4.78, 5) is 36.5. The first-order valence-electron chi connectivity index (χ1n) is 7.31. The number of carbonyl (C=O) groups excluding carboxylic acids is 3. The number of benzene rings is 1. The molecule has 0 saturated carbocycles. The van der Waals surface area contributed by atoms with Crippen molar-refractivity contribution in [2.45, 2.75) is 13.8 Å². The number of nitrogens with one attached hydrogen (secondary N) is 2. The molecule has 7 nitrogen and oxygen atoms in total. The van der Waals surface area contributed by atoms with Crippen LogP contribution >= 0.6 is 11.3 Å². The minimum absolute atomic E-state index is 0.249. The van der Waals surface area contributed by atoms with Crippen LogP contribution in [0.2, 0.25) is 0 Å². The summed E-state index contributed by atoms with van der Waals surface area (Å²) in [7, 11) is 1.26. The predicted octanol–water partition coefficient (Wildman–Crippen LogP) is 2.24. The largest absolute Gasteiger partial charge is 0.465 e. The van der Waals surface area contributed by atoms with E-state index in [9.17, 15) is 14.4 Å². The van der Waals surface area contributed by atoms with Gasteiger partial charge in [0.1, 0.15) is 5.00 Å². The lowest BCUT2D eigenvalue weighted by Gasteiger charge is -2.05. The Morgan fingerprint density at radius 3 is 2.44 bits per heavy atom. The lowest BCUT2D eigenvalue weighted by Crippen LogP contribution is -2.32. The molecular weight excluding hydrogens is 342 g/mol. The van der Waals surface area contributed by atoms with E-state index in [0.717, 1.165) is 10.4 Å². The van der Waals surface area contributed by atoms with E-state index in [2.05, 4.69) is 15.8 Å². The number of hydrogen-bond donors (Lipinski definition) is 2. The second-order valence-corrected chi connectivity index (χ2v) is 6.27. The van der Waals surface area contributed by atoms with Crippen molar-refractivity contribution in [3.05, 3.63) is 51.9 Å². The Morgan fingerprint density at radius 1 is 1.12 bits per heavy atom. The number of aryl methyl sites for hydroxylation is 1. The van der Waals surface area contributed by atoms with Crippen molar-refractivity contribution in [1.82, 2.24) is 5.43 Å². The van der Waals surface area contributed by atoms with Crippen LogP contribution in [-0.2, 0) is 14.3 Å². The molecule has 2 N–H and O–H groups in total. The van der Waals surface area contributed by atoms with Gasteiger partial charge in [-0.1, -0.05) is 30.3 Å². The maximum atomic E-state index is 12.0. The second-order valence-electron chi connectivity index (χ2n) is 5.04. The zero-order chi connectivity index (χ0) is 18.4. The normalized spacial score (nSPS) is 10.5. The van der Waals surface area contributed by atoms with Gasteiger partial charge in [-0.05, 0) is 25.0 Å². The topological polar surface area (TPSA) is 96.9 Å². The smallest absolute Gasteiger partial charge is 0.341 e. The number of hydrazone groups is 1. The third kappa shape index (κ3) is 4.51. The summed E-state index contributed by atoms with van der Waals surface area (Å²) in [5, 5.41) is 6.43. The Morgan fingerprint density at radius 2 is 1.80 bits per heavy atom. The van der Waals surface area contributed by atoms with Gasteiger partial charge in [0.25, 0.3) is 0 Å². The molecule has 0 aliphatic rings. The van der Waals surface area contributed by atoms with E-state index < -0.39 is 17.8 Å². The van der Waals surface area contributed by atoms with Crippen molar-refractivity contribution in [3.8, 4) is 0 Å².